The van der Waals surface area contributed by atoms with Crippen LogP contribution in [-0.4, -0.2) is 19.7 Å². The van der Waals surface area contributed by atoms with Gasteiger partial charge in [-0.1, -0.05) is 13.8 Å². The van der Waals surface area contributed by atoms with Crippen LogP contribution in [0.2, 0.25) is 18.1 Å². The molecule has 19 heavy (non-hydrogen) atoms. The Labute approximate surface area is 124 Å². The zero-order chi connectivity index (χ0) is 14.7. The summed E-state index contributed by atoms with van der Waals surface area (Å²) >= 11 is 3.27. The van der Waals surface area contributed by atoms with Gasteiger partial charge in [0.1, 0.15) is 11.6 Å². The van der Waals surface area contributed by atoms with Crippen molar-refractivity contribution in [3.63, 3.8) is 0 Å². The highest BCUT2D eigenvalue weighted by Gasteiger charge is 2.37. The molecule has 0 amide bonds. The predicted octanol–water partition coefficient (Wildman–Crippen LogP) is 4.72. The summed E-state index contributed by atoms with van der Waals surface area (Å²) in [4.78, 5) is 10.2. The van der Waals surface area contributed by atoms with E-state index >= 15 is 0 Å². The molecule has 2 nitrogen and oxygen atoms in total. The molecule has 0 aliphatic rings. The molecule has 0 bridgehead atoms. The third-order valence-electron chi connectivity index (χ3n) is 3.75. The fourth-order valence-corrected chi connectivity index (χ4v) is 2.85. The maximum absolute atomic E-state index is 12.9. The molecule has 0 heterocycles. The Hall–Kier alpha value is -0.393. The average Bonchev–Trinajstić information content (AvgIpc) is 2.25. The summed E-state index contributed by atoms with van der Waals surface area (Å²) in [6.07, 6.45) is 1.79. The second kappa shape index (κ2) is 6.37. The average molecular weight is 349 g/mol. The van der Waals surface area contributed by atoms with Crippen LogP contribution >= 0.6 is 15.9 Å². The second-order valence-corrected chi connectivity index (χ2v) is 11.3. The van der Waals surface area contributed by atoms with Crippen molar-refractivity contribution in [3.05, 3.63) is 28.5 Å². The third-order valence-corrected chi connectivity index (χ3v) is 7.94. The molecule has 1 rings (SSSR count). The standard InChI is InChI=1S/C14H22BrFO2Si/c1-14(2,19(3,4)17)8-5-9-18-13-7-6-11(16)10-12(13)15/h6-7,10,17H,5,8-9H2,1-4H3. The number of hydrogen-bond donors (Lipinski definition) is 1. The van der Waals surface area contributed by atoms with Crippen LogP contribution in [0.25, 0.3) is 0 Å². The van der Waals surface area contributed by atoms with E-state index in [1.807, 2.05) is 13.1 Å². The Morgan fingerprint density at radius 2 is 2.00 bits per heavy atom. The SMILES string of the molecule is CC(C)(CCCOc1ccc(F)cc1Br)[Si](C)(C)O. The van der Waals surface area contributed by atoms with E-state index in [4.69, 9.17) is 4.74 Å². The van der Waals surface area contributed by atoms with Gasteiger partial charge in [0, 0.05) is 0 Å². The lowest BCUT2D eigenvalue weighted by atomic mass is 10.1. The van der Waals surface area contributed by atoms with E-state index in [9.17, 15) is 9.19 Å². The zero-order valence-electron chi connectivity index (χ0n) is 12.0. The number of ether oxygens (including phenoxy) is 1. The molecule has 0 aliphatic carbocycles. The number of halogens is 2. The molecule has 0 fully saturated rings. The van der Waals surface area contributed by atoms with Gasteiger partial charge < -0.3 is 9.53 Å². The molecule has 0 spiro atoms. The fourth-order valence-electron chi connectivity index (χ4n) is 1.59. The van der Waals surface area contributed by atoms with Crippen molar-refractivity contribution < 1.29 is 13.9 Å². The first-order valence-corrected chi connectivity index (χ1v) is 10.2. The first kappa shape index (κ1) is 16.7. The normalized spacial score (nSPS) is 12.6. The minimum absolute atomic E-state index is 0.0314. The lowest BCUT2D eigenvalue weighted by molar-refractivity contribution is 0.292. The quantitative estimate of drug-likeness (QED) is 0.595. The van der Waals surface area contributed by atoms with Gasteiger partial charge in [-0.15, -0.1) is 0 Å². The maximum atomic E-state index is 12.9. The van der Waals surface area contributed by atoms with Crippen molar-refractivity contribution in [3.8, 4) is 5.75 Å². The minimum atomic E-state index is -2.15. The van der Waals surface area contributed by atoms with E-state index in [0.29, 0.717) is 16.8 Å². The summed E-state index contributed by atoms with van der Waals surface area (Å²) in [5.41, 5.74) is 0. The Bertz CT molecular complexity index is 430. The Morgan fingerprint density at radius 3 is 2.53 bits per heavy atom. The highest BCUT2D eigenvalue weighted by atomic mass is 79.9. The molecule has 108 valence electrons. The van der Waals surface area contributed by atoms with Crippen LogP contribution in [0.1, 0.15) is 26.7 Å². The lowest BCUT2D eigenvalue weighted by Gasteiger charge is -2.35. The molecule has 0 radical (unpaired) electrons. The van der Waals surface area contributed by atoms with Gasteiger partial charge in [-0.2, -0.15) is 0 Å². The molecular weight excluding hydrogens is 327 g/mol. The molecule has 0 aromatic heterocycles. The fraction of sp³-hybridized carbons (Fsp3) is 0.571. The molecule has 5 heteroatoms. The van der Waals surface area contributed by atoms with Gasteiger partial charge in [0.05, 0.1) is 11.1 Å². The highest BCUT2D eigenvalue weighted by Crippen LogP contribution is 2.39. The predicted molar refractivity (Wildman–Crippen MR) is 82.6 cm³/mol. The highest BCUT2D eigenvalue weighted by molar-refractivity contribution is 9.10. The van der Waals surface area contributed by atoms with Crippen LogP contribution < -0.4 is 4.74 Å². The molecule has 1 aromatic carbocycles. The topological polar surface area (TPSA) is 29.5 Å². The van der Waals surface area contributed by atoms with E-state index in [1.54, 1.807) is 6.07 Å². The van der Waals surface area contributed by atoms with Crippen LogP contribution in [-0.2, 0) is 0 Å². The van der Waals surface area contributed by atoms with E-state index in [2.05, 4.69) is 29.8 Å². The molecule has 0 saturated carbocycles. The van der Waals surface area contributed by atoms with Crippen LogP contribution in [0.3, 0.4) is 0 Å². The summed E-state index contributed by atoms with van der Waals surface area (Å²) in [6.45, 7) is 8.70. The molecule has 0 aliphatic heterocycles. The van der Waals surface area contributed by atoms with Crippen LogP contribution in [0, 0.1) is 5.82 Å². The van der Waals surface area contributed by atoms with Crippen molar-refractivity contribution in [2.75, 3.05) is 6.61 Å². The Balaban J connectivity index is 2.43. The largest absolute Gasteiger partial charge is 0.492 e. The summed E-state index contributed by atoms with van der Waals surface area (Å²) < 4.78 is 19.2. The first-order chi connectivity index (χ1) is 8.63. The van der Waals surface area contributed by atoms with E-state index in [0.717, 1.165) is 12.8 Å². The van der Waals surface area contributed by atoms with Crippen molar-refractivity contribution >= 4 is 24.2 Å². The molecular formula is C14H22BrFO2Si. The van der Waals surface area contributed by atoms with Crippen LogP contribution in [0.5, 0.6) is 5.75 Å². The second-order valence-electron chi connectivity index (χ2n) is 5.97. The van der Waals surface area contributed by atoms with Crippen LogP contribution in [0.4, 0.5) is 4.39 Å². The van der Waals surface area contributed by atoms with E-state index in [-0.39, 0.29) is 10.9 Å². The van der Waals surface area contributed by atoms with Crippen molar-refractivity contribution in [2.24, 2.45) is 0 Å². The molecule has 1 aromatic rings. The molecule has 0 saturated heterocycles. The smallest absolute Gasteiger partial charge is 0.188 e. The lowest BCUT2D eigenvalue weighted by Crippen LogP contribution is -2.39. The Morgan fingerprint density at radius 1 is 1.37 bits per heavy atom. The summed E-state index contributed by atoms with van der Waals surface area (Å²) in [5.74, 6) is 0.369. The molecule has 0 unspecified atom stereocenters. The minimum Gasteiger partial charge on any atom is -0.492 e. The third kappa shape index (κ3) is 4.89. The van der Waals surface area contributed by atoms with Gasteiger partial charge in [-0.25, -0.2) is 4.39 Å². The van der Waals surface area contributed by atoms with Gasteiger partial charge in [-0.3, -0.25) is 0 Å². The zero-order valence-corrected chi connectivity index (χ0v) is 14.6. The first-order valence-electron chi connectivity index (χ1n) is 6.44. The van der Waals surface area contributed by atoms with E-state index in [1.165, 1.54) is 12.1 Å². The summed E-state index contributed by atoms with van der Waals surface area (Å²) in [6, 6.07) is 4.39. The number of rotatable bonds is 6. The van der Waals surface area contributed by atoms with Gasteiger partial charge in [0.15, 0.2) is 8.32 Å². The monoisotopic (exact) mass is 348 g/mol. The molecule has 1 N–H and O–H groups in total. The van der Waals surface area contributed by atoms with Gasteiger partial charge in [0.2, 0.25) is 0 Å². The van der Waals surface area contributed by atoms with Gasteiger partial charge in [0.25, 0.3) is 0 Å². The van der Waals surface area contributed by atoms with E-state index < -0.39 is 8.32 Å². The number of benzene rings is 1. The summed E-state index contributed by atoms with van der Waals surface area (Å²) in [5, 5.41) is -0.0314. The molecule has 0 atom stereocenters. The van der Waals surface area contributed by atoms with Gasteiger partial charge >= 0.3 is 0 Å². The van der Waals surface area contributed by atoms with Gasteiger partial charge in [-0.05, 0) is 65.1 Å². The van der Waals surface area contributed by atoms with Crippen molar-refractivity contribution in [1.29, 1.82) is 0 Å². The van der Waals surface area contributed by atoms with Crippen molar-refractivity contribution in [2.45, 2.75) is 44.8 Å². The maximum Gasteiger partial charge on any atom is 0.188 e. The van der Waals surface area contributed by atoms with Crippen molar-refractivity contribution in [1.82, 2.24) is 0 Å². The van der Waals surface area contributed by atoms with Crippen LogP contribution in [0.15, 0.2) is 22.7 Å². The number of hydrogen-bond acceptors (Lipinski definition) is 2. The Kier molecular flexibility index (Phi) is 5.59. The summed E-state index contributed by atoms with van der Waals surface area (Å²) in [7, 11) is -2.15.